The van der Waals surface area contributed by atoms with Crippen LogP contribution in [0, 0.1) is 0 Å². The highest BCUT2D eigenvalue weighted by Gasteiger charge is 1.60. The van der Waals surface area contributed by atoms with Crippen molar-refractivity contribution >= 4 is 0 Å². The lowest BCUT2D eigenvalue weighted by Crippen LogP contribution is -1.46. The molecule has 1 aliphatic rings. The second-order valence-corrected chi connectivity index (χ2v) is 0.778. The Kier molecular flexibility index (Phi) is 0.707. The molecule has 0 N–H and O–H groups in total. The van der Waals surface area contributed by atoms with Crippen molar-refractivity contribution in [3.05, 3.63) is 23.9 Å². The van der Waals surface area contributed by atoms with Crippen LogP contribution in [0.5, 0.6) is 0 Å². The van der Waals surface area contributed by atoms with Crippen LogP contribution in [0.2, 0.25) is 0 Å². The predicted octanol–water partition coefficient (Wildman–Crippen LogP) is 1.23. The van der Waals surface area contributed by atoms with Crippen LogP contribution in [0.25, 0.3) is 0 Å². The Morgan fingerprint density at radius 1 is 1.00 bits per heavy atom. The van der Waals surface area contributed by atoms with Crippen LogP contribution in [0.1, 0.15) is 0 Å². The summed E-state index contributed by atoms with van der Waals surface area (Å²) in [5.41, 5.74) is 5.19. The molecule has 1 aliphatic heterocycles. The van der Waals surface area contributed by atoms with Crippen molar-refractivity contribution < 1.29 is 0 Å². The molecular weight excluding hydrogens is 76.1 g/mol. The van der Waals surface area contributed by atoms with Gasteiger partial charge in [0.05, 0.1) is 12.4 Å². The summed E-state index contributed by atoms with van der Waals surface area (Å²) in [6.07, 6.45) is 2.92. The fourth-order valence-electron chi connectivity index (χ4n) is 0.199. The first-order valence-electron chi connectivity index (χ1n) is 1.54. The van der Waals surface area contributed by atoms with Crippen molar-refractivity contribution in [1.82, 2.24) is 0 Å². The maximum atomic E-state index is 3.45. The van der Waals surface area contributed by atoms with Gasteiger partial charge in [-0.05, 0) is 11.5 Å². The maximum Gasteiger partial charge on any atom is 0.0998 e. The highest BCUT2D eigenvalue weighted by atomic mass is 15.1. The average molecular weight is 78.1 g/mol. The van der Waals surface area contributed by atoms with E-state index in [1.165, 1.54) is 12.4 Å². The number of azo groups is 1. The fraction of sp³-hybridized carbons (Fsp3) is 0. The number of hydrogen-bond donors (Lipinski definition) is 0. The van der Waals surface area contributed by atoms with Crippen molar-refractivity contribution in [2.75, 3.05) is 0 Å². The lowest BCUT2D eigenvalue weighted by atomic mass is 10.7. The third-order valence-electron chi connectivity index (χ3n) is 0.395. The Labute approximate surface area is 35.2 Å². The van der Waals surface area contributed by atoms with Gasteiger partial charge in [0.2, 0.25) is 0 Å². The molecule has 0 aromatic rings. The normalized spacial score (nSPS) is 13.3. The van der Waals surface area contributed by atoms with Gasteiger partial charge in [-0.25, -0.2) is 0 Å². The van der Waals surface area contributed by atoms with Crippen LogP contribution in [0.15, 0.2) is 34.1 Å². The summed E-state index contributed by atoms with van der Waals surface area (Å²) in [4.78, 5) is 0. The second-order valence-electron chi connectivity index (χ2n) is 0.778. The van der Waals surface area contributed by atoms with Crippen LogP contribution in [0.3, 0.4) is 0 Å². The van der Waals surface area contributed by atoms with Gasteiger partial charge in [0, 0.05) is 0 Å². The van der Waals surface area contributed by atoms with Gasteiger partial charge in [-0.1, -0.05) is 0 Å². The summed E-state index contributed by atoms with van der Waals surface area (Å²) in [5, 5.41) is 6.90. The van der Waals surface area contributed by atoms with E-state index in [0.29, 0.717) is 0 Å². The lowest BCUT2D eigenvalue weighted by molar-refractivity contribution is 1.22. The molecule has 0 spiro atoms. The maximum absolute atomic E-state index is 3.45. The largest absolute Gasteiger partial charge is 0.149 e. The standard InChI is InChI=1S/C4H2N2/c1-2-4-6-5-3-1/h3-4H. The van der Waals surface area contributed by atoms with Crippen LogP contribution in [-0.4, -0.2) is 0 Å². The van der Waals surface area contributed by atoms with Crippen molar-refractivity contribution in [2.24, 2.45) is 10.2 Å². The van der Waals surface area contributed by atoms with E-state index in [2.05, 4.69) is 21.7 Å². The molecule has 0 radical (unpaired) electrons. The predicted molar refractivity (Wildman–Crippen MR) is 21.0 cm³/mol. The van der Waals surface area contributed by atoms with Crippen molar-refractivity contribution in [2.45, 2.75) is 0 Å². The van der Waals surface area contributed by atoms with E-state index >= 15 is 0 Å². The molecule has 0 amide bonds. The molecular formula is C4H2N2. The Hall–Kier alpha value is -1.10. The fourth-order valence-corrected chi connectivity index (χ4v) is 0.199. The van der Waals surface area contributed by atoms with Crippen LogP contribution >= 0.6 is 0 Å². The summed E-state index contributed by atoms with van der Waals surface area (Å²) in [5.74, 6) is 0. The Morgan fingerprint density at radius 3 is 1.67 bits per heavy atom. The van der Waals surface area contributed by atoms with Crippen LogP contribution < -0.4 is 0 Å². The summed E-state index contributed by atoms with van der Waals surface area (Å²) in [6.45, 7) is 0. The van der Waals surface area contributed by atoms with Crippen LogP contribution in [0.4, 0.5) is 0 Å². The molecule has 0 unspecified atom stereocenters. The van der Waals surface area contributed by atoms with E-state index < -0.39 is 0 Å². The highest BCUT2D eigenvalue weighted by molar-refractivity contribution is 4.87. The SMILES string of the molecule is C1=C=CN=NC=1. The molecule has 0 atom stereocenters. The molecule has 2 nitrogen and oxygen atoms in total. The molecule has 28 valence electrons. The van der Waals surface area contributed by atoms with Gasteiger partial charge in [0.25, 0.3) is 0 Å². The zero-order chi connectivity index (χ0) is 4.24. The van der Waals surface area contributed by atoms with E-state index in [-0.39, 0.29) is 0 Å². The highest BCUT2D eigenvalue weighted by Crippen LogP contribution is 1.80. The van der Waals surface area contributed by atoms with Gasteiger partial charge < -0.3 is 0 Å². The van der Waals surface area contributed by atoms with Gasteiger partial charge >= 0.3 is 0 Å². The molecule has 1 heterocycles. The summed E-state index contributed by atoms with van der Waals surface area (Å²) in [7, 11) is 0. The number of hydrogen-bond acceptors (Lipinski definition) is 2. The minimum atomic E-state index is 1.46. The van der Waals surface area contributed by atoms with E-state index in [4.69, 9.17) is 0 Å². The third kappa shape index (κ3) is 0.436. The first kappa shape index (κ1) is 3.10. The average Bonchev–Trinajstić information content (AvgIpc) is 1.72. The van der Waals surface area contributed by atoms with Crippen molar-refractivity contribution in [3.63, 3.8) is 0 Å². The zero-order valence-electron chi connectivity index (χ0n) is 3.05. The summed E-state index contributed by atoms with van der Waals surface area (Å²) >= 11 is 0. The van der Waals surface area contributed by atoms with Gasteiger partial charge in [-0.2, -0.15) is 0 Å². The molecule has 0 aromatic carbocycles. The molecule has 1 rings (SSSR count). The third-order valence-corrected chi connectivity index (χ3v) is 0.395. The number of rotatable bonds is 0. The summed E-state index contributed by atoms with van der Waals surface area (Å²) in [6, 6.07) is 0. The molecule has 2 heteroatoms. The first-order chi connectivity index (χ1) is 3.00. The first-order valence-corrected chi connectivity index (χ1v) is 1.54. The minimum Gasteiger partial charge on any atom is -0.149 e. The molecule has 0 aliphatic carbocycles. The van der Waals surface area contributed by atoms with Gasteiger partial charge in [0.1, 0.15) is 0 Å². The Morgan fingerprint density at radius 2 is 1.50 bits per heavy atom. The Bertz CT molecular complexity index is 136. The zero-order valence-corrected chi connectivity index (χ0v) is 3.05. The number of nitrogens with zero attached hydrogens (tertiary/aromatic N) is 2. The van der Waals surface area contributed by atoms with E-state index in [9.17, 15) is 0 Å². The quantitative estimate of drug-likeness (QED) is 0.389. The monoisotopic (exact) mass is 78.0 g/mol. The van der Waals surface area contributed by atoms with Crippen molar-refractivity contribution in [1.29, 1.82) is 0 Å². The summed E-state index contributed by atoms with van der Waals surface area (Å²) < 4.78 is 0. The minimum absolute atomic E-state index is 1.46. The van der Waals surface area contributed by atoms with Gasteiger partial charge in [-0.15, -0.1) is 10.2 Å². The molecule has 0 saturated carbocycles. The molecule has 0 fully saturated rings. The molecule has 6 heavy (non-hydrogen) atoms. The Balaban J connectivity index is 3.10. The molecule has 0 saturated heterocycles. The van der Waals surface area contributed by atoms with Gasteiger partial charge in [0.15, 0.2) is 0 Å². The van der Waals surface area contributed by atoms with Crippen LogP contribution in [-0.2, 0) is 0 Å². The smallest absolute Gasteiger partial charge is 0.0998 e. The molecule has 0 aromatic heterocycles. The van der Waals surface area contributed by atoms with E-state index in [0.717, 1.165) is 0 Å². The molecule has 0 bridgehead atoms. The van der Waals surface area contributed by atoms with Gasteiger partial charge in [-0.3, -0.25) is 0 Å². The van der Waals surface area contributed by atoms with E-state index in [1.54, 1.807) is 0 Å². The lowest BCUT2D eigenvalue weighted by Gasteiger charge is -1.67. The topological polar surface area (TPSA) is 24.7 Å². The second kappa shape index (κ2) is 1.37. The van der Waals surface area contributed by atoms with E-state index in [1.807, 2.05) is 0 Å². The van der Waals surface area contributed by atoms with Crippen molar-refractivity contribution in [3.8, 4) is 0 Å².